The van der Waals surface area contributed by atoms with Gasteiger partial charge in [-0.05, 0) is 47.1 Å². The summed E-state index contributed by atoms with van der Waals surface area (Å²) in [7, 11) is 0. The number of benzene rings is 2. The molecule has 142 valence electrons. The van der Waals surface area contributed by atoms with E-state index in [9.17, 15) is 9.59 Å². The van der Waals surface area contributed by atoms with Crippen LogP contribution >= 0.6 is 27.3 Å². The van der Waals surface area contributed by atoms with Crippen molar-refractivity contribution >= 4 is 55.6 Å². The number of carbonyl (C=O) groups excluding carboxylic acids is 2. The van der Waals surface area contributed by atoms with Crippen LogP contribution in [-0.2, 0) is 9.59 Å². The van der Waals surface area contributed by atoms with E-state index in [0.717, 1.165) is 21.5 Å². The summed E-state index contributed by atoms with van der Waals surface area (Å²) in [5, 5.41) is 2.55. The first-order valence-corrected chi connectivity index (χ1v) is 10.6. The fourth-order valence-electron chi connectivity index (χ4n) is 3.31. The van der Waals surface area contributed by atoms with Gasteiger partial charge in [0.25, 0.3) is 0 Å². The molecule has 0 radical (unpaired) electrons. The smallest absolute Gasteiger partial charge is 0.238 e. The quantitative estimate of drug-likeness (QED) is 0.560. The third kappa shape index (κ3) is 3.59. The van der Waals surface area contributed by atoms with Crippen LogP contribution in [0, 0.1) is 12.8 Å². The monoisotopic (exact) mass is 455 g/mol. The van der Waals surface area contributed by atoms with Crippen LogP contribution < -0.4 is 9.80 Å². The molecule has 5 nitrogen and oxygen atoms in total. The lowest BCUT2D eigenvalue weighted by molar-refractivity contribution is -0.123. The zero-order valence-electron chi connectivity index (χ0n) is 15.2. The van der Waals surface area contributed by atoms with Crippen molar-refractivity contribution in [3.63, 3.8) is 0 Å². The van der Waals surface area contributed by atoms with Crippen LogP contribution in [0.1, 0.15) is 12.1 Å². The summed E-state index contributed by atoms with van der Waals surface area (Å²) < 4.78 is 0.840. The van der Waals surface area contributed by atoms with Crippen molar-refractivity contribution in [1.29, 1.82) is 0 Å². The Kier molecular flexibility index (Phi) is 5.28. The van der Waals surface area contributed by atoms with Gasteiger partial charge >= 0.3 is 0 Å². The van der Waals surface area contributed by atoms with Gasteiger partial charge in [0.2, 0.25) is 11.8 Å². The maximum atomic E-state index is 13.5. The van der Waals surface area contributed by atoms with E-state index < -0.39 is 5.92 Å². The molecule has 4 rings (SSSR count). The molecule has 3 aromatic rings. The molecule has 1 unspecified atom stereocenters. The third-order valence-electron chi connectivity index (χ3n) is 4.65. The fraction of sp³-hybridized carbons (Fsp3) is 0.190. The zero-order chi connectivity index (χ0) is 19.7. The number of amides is 2. The number of nitrogens with zero attached hydrogens (tertiary/aromatic N) is 3. The largest absolute Gasteiger partial charge is 0.310 e. The average molecular weight is 456 g/mol. The lowest BCUT2D eigenvalue weighted by Crippen LogP contribution is -2.34. The number of halogens is 1. The van der Waals surface area contributed by atoms with Crippen LogP contribution in [0.15, 0.2) is 64.5 Å². The Morgan fingerprint density at radius 1 is 1.18 bits per heavy atom. The van der Waals surface area contributed by atoms with E-state index in [1.54, 1.807) is 9.80 Å². The number of para-hydroxylation sites is 2. The lowest BCUT2D eigenvalue weighted by Gasteiger charge is -2.23. The number of hydrogen-bond donors (Lipinski definition) is 0. The van der Waals surface area contributed by atoms with Gasteiger partial charge in [-0.3, -0.25) is 14.5 Å². The molecular weight excluding hydrogens is 438 g/mol. The molecule has 2 heterocycles. The Morgan fingerprint density at radius 3 is 2.57 bits per heavy atom. The molecule has 1 saturated heterocycles. The molecule has 0 saturated carbocycles. The fourth-order valence-corrected chi connectivity index (χ4v) is 4.64. The van der Waals surface area contributed by atoms with Crippen molar-refractivity contribution in [1.82, 2.24) is 4.98 Å². The van der Waals surface area contributed by atoms with Crippen molar-refractivity contribution in [3.05, 3.63) is 70.1 Å². The summed E-state index contributed by atoms with van der Waals surface area (Å²) in [6.07, 6.45) is 0.188. The predicted molar refractivity (Wildman–Crippen MR) is 115 cm³/mol. The highest BCUT2D eigenvalue weighted by Crippen LogP contribution is 2.35. The van der Waals surface area contributed by atoms with E-state index in [1.165, 1.54) is 11.3 Å². The molecule has 0 spiro atoms. The Balaban J connectivity index is 1.65. The van der Waals surface area contributed by atoms with Gasteiger partial charge in [0.15, 0.2) is 5.13 Å². The summed E-state index contributed by atoms with van der Waals surface area (Å²) in [6.45, 7) is 2.26. The van der Waals surface area contributed by atoms with Gasteiger partial charge in [-0.15, -0.1) is 11.3 Å². The molecule has 0 bridgehead atoms. The molecule has 1 fully saturated rings. The Morgan fingerprint density at radius 2 is 1.89 bits per heavy atom. The van der Waals surface area contributed by atoms with E-state index in [4.69, 9.17) is 0 Å². The minimum atomic E-state index is -0.427. The normalized spacial score (nSPS) is 16.4. The highest BCUT2D eigenvalue weighted by Gasteiger charge is 2.39. The number of thiazole rings is 1. The minimum Gasteiger partial charge on any atom is -0.310 e. The van der Waals surface area contributed by atoms with E-state index in [2.05, 4.69) is 20.9 Å². The number of aryl methyl sites for hydroxylation is 1. The van der Waals surface area contributed by atoms with E-state index in [1.807, 2.05) is 66.9 Å². The first-order valence-electron chi connectivity index (χ1n) is 8.90. The molecular formula is C21H18BrN3O2S. The van der Waals surface area contributed by atoms with Gasteiger partial charge in [-0.2, -0.15) is 0 Å². The summed E-state index contributed by atoms with van der Waals surface area (Å²) in [5.41, 5.74) is 2.42. The van der Waals surface area contributed by atoms with E-state index in [-0.39, 0.29) is 18.2 Å². The molecule has 1 aromatic heterocycles. The second kappa shape index (κ2) is 7.85. The van der Waals surface area contributed by atoms with Gasteiger partial charge in [-0.1, -0.05) is 30.3 Å². The van der Waals surface area contributed by atoms with Crippen molar-refractivity contribution in [2.24, 2.45) is 5.92 Å². The summed E-state index contributed by atoms with van der Waals surface area (Å²) in [6, 6.07) is 17.0. The van der Waals surface area contributed by atoms with Crippen molar-refractivity contribution < 1.29 is 9.59 Å². The Labute approximate surface area is 175 Å². The molecule has 28 heavy (non-hydrogen) atoms. The van der Waals surface area contributed by atoms with Crippen molar-refractivity contribution in [2.45, 2.75) is 13.3 Å². The minimum absolute atomic E-state index is 0.0476. The summed E-state index contributed by atoms with van der Waals surface area (Å²) in [5.74, 6) is -0.582. The van der Waals surface area contributed by atoms with Gasteiger partial charge in [0.05, 0.1) is 23.0 Å². The zero-order valence-corrected chi connectivity index (χ0v) is 17.6. The Hall–Kier alpha value is -2.51. The highest BCUT2D eigenvalue weighted by atomic mass is 79.9. The predicted octanol–water partition coefficient (Wildman–Crippen LogP) is 4.93. The maximum absolute atomic E-state index is 13.5. The molecule has 7 heteroatoms. The second-order valence-electron chi connectivity index (χ2n) is 6.64. The lowest BCUT2D eigenvalue weighted by atomic mass is 10.1. The van der Waals surface area contributed by atoms with Crippen LogP contribution in [-0.4, -0.2) is 23.3 Å². The number of aromatic nitrogens is 1. The van der Waals surface area contributed by atoms with Gasteiger partial charge in [-0.25, -0.2) is 4.98 Å². The van der Waals surface area contributed by atoms with Crippen molar-refractivity contribution in [3.8, 4) is 0 Å². The summed E-state index contributed by atoms with van der Waals surface area (Å²) >= 11 is 4.93. The third-order valence-corrected chi connectivity index (χ3v) is 6.26. The first-order chi connectivity index (χ1) is 13.5. The highest BCUT2D eigenvalue weighted by molar-refractivity contribution is 9.10. The van der Waals surface area contributed by atoms with Crippen LogP contribution in [0.4, 0.5) is 16.5 Å². The molecule has 1 aliphatic heterocycles. The molecule has 1 atom stereocenters. The van der Waals surface area contributed by atoms with Crippen LogP contribution in [0.2, 0.25) is 0 Å². The standard InChI is InChI=1S/C21H18BrN3O2S/c1-14-13-28-21(23-14)25(16-7-3-2-4-8-16)20(27)15-11-19(26)24(12-15)18-10-6-5-9-17(18)22/h2-10,13,15H,11-12H2,1H3. The van der Waals surface area contributed by atoms with Crippen LogP contribution in [0.5, 0.6) is 0 Å². The molecule has 1 aliphatic rings. The number of hydrogen-bond acceptors (Lipinski definition) is 4. The summed E-state index contributed by atoms with van der Waals surface area (Å²) in [4.78, 5) is 34.0. The molecule has 0 aliphatic carbocycles. The second-order valence-corrected chi connectivity index (χ2v) is 8.33. The topological polar surface area (TPSA) is 53.5 Å². The molecule has 2 aromatic carbocycles. The first kappa shape index (κ1) is 18.8. The van der Waals surface area contributed by atoms with Crippen LogP contribution in [0.25, 0.3) is 0 Å². The number of rotatable bonds is 4. The Bertz CT molecular complexity index is 1020. The van der Waals surface area contributed by atoms with E-state index in [0.29, 0.717) is 11.7 Å². The van der Waals surface area contributed by atoms with Crippen molar-refractivity contribution in [2.75, 3.05) is 16.3 Å². The SMILES string of the molecule is Cc1csc(N(C(=O)C2CC(=O)N(c3ccccc3Br)C2)c2ccccc2)n1. The number of carbonyl (C=O) groups is 2. The van der Waals surface area contributed by atoms with E-state index >= 15 is 0 Å². The molecule has 2 amide bonds. The average Bonchev–Trinajstić information content (AvgIpc) is 3.29. The van der Waals surface area contributed by atoms with Gasteiger partial charge in [0.1, 0.15) is 0 Å². The van der Waals surface area contributed by atoms with Gasteiger partial charge < -0.3 is 4.90 Å². The maximum Gasteiger partial charge on any atom is 0.238 e. The number of anilines is 3. The van der Waals surface area contributed by atoms with Crippen LogP contribution in [0.3, 0.4) is 0 Å². The van der Waals surface area contributed by atoms with Gasteiger partial charge in [0, 0.05) is 22.8 Å². The molecule has 0 N–H and O–H groups in total.